The maximum absolute atomic E-state index is 11.4. The van der Waals surface area contributed by atoms with Crippen molar-refractivity contribution in [2.75, 3.05) is 13.1 Å². The van der Waals surface area contributed by atoms with Gasteiger partial charge in [-0.1, -0.05) is 12.1 Å². The monoisotopic (exact) mass is 245 g/mol. The molecule has 2 aliphatic heterocycles. The number of ether oxygens (including phenoxy) is 1. The number of piperidine rings is 1. The zero-order chi connectivity index (χ0) is 12.4. The minimum atomic E-state index is -0.171. The molecule has 0 saturated carbocycles. The quantitative estimate of drug-likeness (QED) is 0.830. The summed E-state index contributed by atoms with van der Waals surface area (Å²) in [7, 11) is 0. The van der Waals surface area contributed by atoms with Crippen molar-refractivity contribution in [1.29, 1.82) is 0 Å². The Morgan fingerprint density at radius 1 is 1.28 bits per heavy atom. The Bertz CT molecular complexity index is 450. The molecule has 1 N–H and O–H groups in total. The highest BCUT2D eigenvalue weighted by Crippen LogP contribution is 2.23. The average Bonchev–Trinajstić information content (AvgIpc) is 2.79. The van der Waals surface area contributed by atoms with Crippen LogP contribution >= 0.6 is 0 Å². The second-order valence-corrected chi connectivity index (χ2v) is 5.30. The minimum absolute atomic E-state index is 0.171. The lowest BCUT2D eigenvalue weighted by Gasteiger charge is -2.22. The second kappa shape index (κ2) is 5.11. The summed E-state index contributed by atoms with van der Waals surface area (Å²) >= 11 is 0. The van der Waals surface area contributed by atoms with Crippen molar-refractivity contribution in [3.8, 4) is 0 Å². The highest BCUT2D eigenvalue weighted by molar-refractivity contribution is 5.93. The van der Waals surface area contributed by atoms with E-state index in [1.165, 1.54) is 24.8 Å². The van der Waals surface area contributed by atoms with Crippen molar-refractivity contribution in [2.45, 2.75) is 32.3 Å². The van der Waals surface area contributed by atoms with Crippen molar-refractivity contribution in [3.63, 3.8) is 0 Å². The van der Waals surface area contributed by atoms with Gasteiger partial charge in [0.25, 0.3) is 0 Å². The molecule has 0 atom stereocenters. The molecule has 3 rings (SSSR count). The van der Waals surface area contributed by atoms with E-state index >= 15 is 0 Å². The lowest BCUT2D eigenvalue weighted by atomic mass is 9.91. The predicted molar refractivity (Wildman–Crippen MR) is 69.5 cm³/mol. The van der Waals surface area contributed by atoms with E-state index < -0.39 is 0 Å². The van der Waals surface area contributed by atoms with Gasteiger partial charge in [-0.25, -0.2) is 4.79 Å². The molecule has 1 fully saturated rings. The summed E-state index contributed by atoms with van der Waals surface area (Å²) in [6.45, 7) is 2.78. The molecule has 0 unspecified atom stereocenters. The van der Waals surface area contributed by atoms with Gasteiger partial charge in [-0.3, -0.25) is 0 Å². The van der Waals surface area contributed by atoms with E-state index in [1.807, 2.05) is 6.07 Å². The van der Waals surface area contributed by atoms with E-state index in [-0.39, 0.29) is 5.97 Å². The molecule has 2 heterocycles. The number of carbonyl (C=O) groups excluding carboxylic acids is 1. The molecule has 96 valence electrons. The van der Waals surface area contributed by atoms with Crippen LogP contribution in [0.3, 0.4) is 0 Å². The summed E-state index contributed by atoms with van der Waals surface area (Å²) in [6.07, 6.45) is 4.97. The minimum Gasteiger partial charge on any atom is -0.457 e. The topological polar surface area (TPSA) is 38.3 Å². The molecule has 3 heteroatoms. The first-order valence-corrected chi connectivity index (χ1v) is 6.82. The van der Waals surface area contributed by atoms with Crippen LogP contribution in [0.15, 0.2) is 18.2 Å². The van der Waals surface area contributed by atoms with Crippen molar-refractivity contribution in [1.82, 2.24) is 5.32 Å². The Hall–Kier alpha value is -1.35. The first-order chi connectivity index (χ1) is 8.83. The van der Waals surface area contributed by atoms with Gasteiger partial charge in [-0.15, -0.1) is 0 Å². The molecule has 2 aliphatic rings. The third kappa shape index (κ3) is 2.41. The van der Waals surface area contributed by atoms with Crippen LogP contribution in [0.1, 0.15) is 40.7 Å². The SMILES string of the molecule is O=C1OCc2cc(CCC3CCNCC3)ccc21. The highest BCUT2D eigenvalue weighted by atomic mass is 16.5. The number of nitrogens with one attached hydrogen (secondary N) is 1. The van der Waals surface area contributed by atoms with Crippen LogP contribution in [0.25, 0.3) is 0 Å². The van der Waals surface area contributed by atoms with Gasteiger partial charge in [-0.05, 0) is 56.3 Å². The van der Waals surface area contributed by atoms with E-state index in [2.05, 4.69) is 17.4 Å². The fraction of sp³-hybridized carbons (Fsp3) is 0.533. The molecule has 0 bridgehead atoms. The summed E-state index contributed by atoms with van der Waals surface area (Å²) in [5, 5.41) is 3.40. The van der Waals surface area contributed by atoms with Crippen LogP contribution < -0.4 is 5.32 Å². The number of cyclic esters (lactones) is 1. The number of fused-ring (bicyclic) bond motifs is 1. The Labute approximate surface area is 108 Å². The molecule has 0 radical (unpaired) electrons. The van der Waals surface area contributed by atoms with E-state index in [4.69, 9.17) is 4.74 Å². The van der Waals surface area contributed by atoms with E-state index in [9.17, 15) is 4.79 Å². The largest absolute Gasteiger partial charge is 0.457 e. The van der Waals surface area contributed by atoms with Crippen molar-refractivity contribution in [2.24, 2.45) is 5.92 Å². The second-order valence-electron chi connectivity index (χ2n) is 5.30. The fourth-order valence-electron chi connectivity index (χ4n) is 2.88. The average molecular weight is 245 g/mol. The number of rotatable bonds is 3. The number of hydrogen-bond acceptors (Lipinski definition) is 3. The maximum atomic E-state index is 11.4. The van der Waals surface area contributed by atoms with Crippen molar-refractivity contribution in [3.05, 3.63) is 34.9 Å². The van der Waals surface area contributed by atoms with Crippen molar-refractivity contribution >= 4 is 5.97 Å². The van der Waals surface area contributed by atoms with E-state index in [1.54, 1.807) is 0 Å². The number of aryl methyl sites for hydroxylation is 1. The zero-order valence-electron chi connectivity index (χ0n) is 10.6. The maximum Gasteiger partial charge on any atom is 0.338 e. The van der Waals surface area contributed by atoms with Crippen LogP contribution in [-0.2, 0) is 17.8 Å². The number of hydrogen-bond donors (Lipinski definition) is 1. The van der Waals surface area contributed by atoms with Crippen LogP contribution in [0, 0.1) is 5.92 Å². The van der Waals surface area contributed by atoms with Gasteiger partial charge < -0.3 is 10.1 Å². The molecular weight excluding hydrogens is 226 g/mol. The van der Waals surface area contributed by atoms with E-state index in [0.29, 0.717) is 6.61 Å². The molecular formula is C15H19NO2. The Kier molecular flexibility index (Phi) is 3.33. The summed E-state index contributed by atoms with van der Waals surface area (Å²) < 4.78 is 5.03. The molecule has 1 saturated heterocycles. The molecule has 18 heavy (non-hydrogen) atoms. The predicted octanol–water partition coefficient (Wildman–Crippen LogP) is 2.29. The van der Waals surface area contributed by atoms with Gasteiger partial charge in [0.1, 0.15) is 6.61 Å². The Morgan fingerprint density at radius 2 is 2.11 bits per heavy atom. The van der Waals surface area contributed by atoms with Crippen LogP contribution in [0.5, 0.6) is 0 Å². The molecule has 1 aromatic rings. The highest BCUT2D eigenvalue weighted by Gasteiger charge is 2.21. The molecule has 0 aliphatic carbocycles. The Balaban J connectivity index is 1.61. The summed E-state index contributed by atoms with van der Waals surface area (Å²) in [5.74, 6) is 0.687. The molecule has 0 aromatic heterocycles. The normalized spacial score (nSPS) is 19.7. The van der Waals surface area contributed by atoms with Crippen molar-refractivity contribution < 1.29 is 9.53 Å². The molecule has 0 spiro atoms. The third-order valence-electron chi connectivity index (χ3n) is 4.05. The van der Waals surface area contributed by atoms with Gasteiger partial charge >= 0.3 is 5.97 Å². The first-order valence-electron chi connectivity index (χ1n) is 6.82. The van der Waals surface area contributed by atoms with Gasteiger partial charge in [0.2, 0.25) is 0 Å². The summed E-state index contributed by atoms with van der Waals surface area (Å²) in [5.41, 5.74) is 3.15. The third-order valence-corrected chi connectivity index (χ3v) is 4.05. The summed E-state index contributed by atoms with van der Waals surface area (Å²) in [4.78, 5) is 11.4. The fourth-order valence-corrected chi connectivity index (χ4v) is 2.88. The van der Waals surface area contributed by atoms with Gasteiger partial charge in [0.05, 0.1) is 5.56 Å². The van der Waals surface area contributed by atoms with E-state index in [0.717, 1.165) is 36.6 Å². The summed E-state index contributed by atoms with van der Waals surface area (Å²) in [6, 6.07) is 6.14. The molecule has 0 amide bonds. The lowest BCUT2D eigenvalue weighted by Crippen LogP contribution is -2.27. The van der Waals surface area contributed by atoms with Crippen LogP contribution in [0.4, 0.5) is 0 Å². The van der Waals surface area contributed by atoms with Crippen LogP contribution in [-0.4, -0.2) is 19.1 Å². The van der Waals surface area contributed by atoms with Crippen LogP contribution in [0.2, 0.25) is 0 Å². The lowest BCUT2D eigenvalue weighted by molar-refractivity contribution is 0.0535. The Morgan fingerprint density at radius 3 is 2.94 bits per heavy atom. The standard InChI is InChI=1S/C15H19NO2/c17-15-14-4-3-12(9-13(14)10-18-15)2-1-11-5-7-16-8-6-11/h3-4,9,11,16H,1-2,5-8,10H2. The van der Waals surface area contributed by atoms with Gasteiger partial charge in [0, 0.05) is 5.56 Å². The molecule has 1 aromatic carbocycles. The number of esters is 1. The molecule has 3 nitrogen and oxygen atoms in total. The first kappa shape index (κ1) is 11.7. The number of carbonyl (C=O) groups is 1. The smallest absolute Gasteiger partial charge is 0.338 e. The number of benzene rings is 1. The zero-order valence-corrected chi connectivity index (χ0v) is 10.6. The van der Waals surface area contributed by atoms with Gasteiger partial charge in [0.15, 0.2) is 0 Å². The van der Waals surface area contributed by atoms with Gasteiger partial charge in [-0.2, -0.15) is 0 Å².